The van der Waals surface area contributed by atoms with Crippen LogP contribution < -0.4 is 5.30 Å². The van der Waals surface area contributed by atoms with Gasteiger partial charge in [-0.2, -0.15) is 0 Å². The second-order valence-corrected chi connectivity index (χ2v) is 7.09. The highest BCUT2D eigenvalue weighted by atomic mass is 31.2. The summed E-state index contributed by atoms with van der Waals surface area (Å²) in [6.45, 7) is 4.12. The van der Waals surface area contributed by atoms with Crippen LogP contribution in [0.1, 0.15) is 12.5 Å². The summed E-state index contributed by atoms with van der Waals surface area (Å²) in [6, 6.07) is 8.12. The van der Waals surface area contributed by atoms with Crippen LogP contribution in [-0.2, 0) is 4.57 Å². The summed E-state index contributed by atoms with van der Waals surface area (Å²) in [5.41, 5.74) is 2.50. The van der Waals surface area contributed by atoms with E-state index < -0.39 is 7.14 Å². The number of hydrogen-bond acceptors (Lipinski definition) is 1. The zero-order valence-corrected chi connectivity index (χ0v) is 9.55. The maximum absolute atomic E-state index is 12.5. The zero-order valence-electron chi connectivity index (χ0n) is 8.66. The molecule has 0 radical (unpaired) electrons. The van der Waals surface area contributed by atoms with Crippen LogP contribution in [0.25, 0.3) is 0 Å². The molecule has 0 saturated heterocycles. The van der Waals surface area contributed by atoms with Gasteiger partial charge >= 0.3 is 0 Å². The quantitative estimate of drug-likeness (QED) is 0.510. The monoisotopic (exact) mass is 206 g/mol. The number of benzene rings is 1. The average molecular weight is 206 g/mol. The number of hydrogen-bond donors (Lipinski definition) is 0. The first-order valence-electron chi connectivity index (χ1n) is 4.91. The van der Waals surface area contributed by atoms with Gasteiger partial charge in [0, 0.05) is 17.6 Å². The summed E-state index contributed by atoms with van der Waals surface area (Å²) in [4.78, 5) is 0. The van der Waals surface area contributed by atoms with Crippen molar-refractivity contribution >= 4 is 12.4 Å². The van der Waals surface area contributed by atoms with Gasteiger partial charge in [0.25, 0.3) is 0 Å². The van der Waals surface area contributed by atoms with Gasteiger partial charge in [-0.05, 0) is 13.8 Å². The predicted molar refractivity (Wildman–Crippen MR) is 61.9 cm³/mol. The summed E-state index contributed by atoms with van der Waals surface area (Å²) in [5.74, 6) is 0. The highest BCUT2D eigenvalue weighted by Crippen LogP contribution is 2.50. The van der Waals surface area contributed by atoms with Crippen molar-refractivity contribution in [1.82, 2.24) is 0 Å². The van der Waals surface area contributed by atoms with Gasteiger partial charge in [-0.1, -0.05) is 41.5 Å². The van der Waals surface area contributed by atoms with Gasteiger partial charge in [-0.15, -0.1) is 0 Å². The zero-order chi connectivity index (χ0) is 10.2. The lowest BCUT2D eigenvalue weighted by Crippen LogP contribution is -2.06. The molecular weight excluding hydrogens is 191 g/mol. The Kier molecular flexibility index (Phi) is 2.36. The van der Waals surface area contributed by atoms with E-state index in [0.29, 0.717) is 0 Å². The molecule has 1 atom stereocenters. The van der Waals surface area contributed by atoms with Crippen molar-refractivity contribution in [2.75, 3.05) is 12.3 Å². The van der Waals surface area contributed by atoms with Crippen LogP contribution in [0.3, 0.4) is 0 Å². The maximum atomic E-state index is 12.5. The molecule has 14 heavy (non-hydrogen) atoms. The lowest BCUT2D eigenvalue weighted by molar-refractivity contribution is 0.585. The van der Waals surface area contributed by atoms with Gasteiger partial charge in [0.15, 0.2) is 0 Å². The molecule has 2 rings (SSSR count). The molecule has 1 nitrogen and oxygen atoms in total. The number of allylic oxidation sites excluding steroid dienone is 2. The Balaban J connectivity index is 2.33. The Morgan fingerprint density at radius 3 is 2.29 bits per heavy atom. The Hall–Kier alpha value is -0.810. The van der Waals surface area contributed by atoms with E-state index in [0.717, 1.165) is 17.6 Å². The molecule has 1 aliphatic rings. The van der Waals surface area contributed by atoms with Crippen LogP contribution in [0.2, 0.25) is 0 Å². The third-order valence-corrected chi connectivity index (χ3v) is 5.77. The van der Waals surface area contributed by atoms with Gasteiger partial charge in [0.2, 0.25) is 0 Å². The molecular formula is C12H15OP. The molecule has 0 aliphatic carbocycles. The molecule has 0 unspecified atom stereocenters. The SMILES string of the molecule is CC1=CC[P@@](=O)(c2ccc(C)cc2)C1. The molecule has 0 spiro atoms. The third-order valence-electron chi connectivity index (χ3n) is 2.74. The molecule has 1 aliphatic heterocycles. The predicted octanol–water partition coefficient (Wildman–Crippen LogP) is 2.94. The topological polar surface area (TPSA) is 17.1 Å². The van der Waals surface area contributed by atoms with E-state index in [4.69, 9.17) is 0 Å². The molecule has 74 valence electrons. The largest absolute Gasteiger partial charge is 0.318 e. The summed E-state index contributed by atoms with van der Waals surface area (Å²) in [5, 5.41) is 1.04. The first-order chi connectivity index (χ1) is 6.60. The van der Waals surface area contributed by atoms with Crippen LogP contribution in [0, 0.1) is 6.92 Å². The molecule has 1 aromatic carbocycles. The van der Waals surface area contributed by atoms with E-state index in [2.05, 4.69) is 19.9 Å². The van der Waals surface area contributed by atoms with Gasteiger partial charge in [-0.25, -0.2) is 0 Å². The second kappa shape index (κ2) is 3.40. The van der Waals surface area contributed by atoms with E-state index in [1.807, 2.05) is 24.3 Å². The molecule has 0 N–H and O–H groups in total. The first kappa shape index (κ1) is 9.73. The van der Waals surface area contributed by atoms with E-state index in [1.54, 1.807) is 0 Å². The minimum atomic E-state index is -2.09. The average Bonchev–Trinajstić information content (AvgIpc) is 2.48. The van der Waals surface area contributed by atoms with Crippen LogP contribution >= 0.6 is 7.14 Å². The van der Waals surface area contributed by atoms with Gasteiger partial charge in [-0.3, -0.25) is 0 Å². The summed E-state index contributed by atoms with van der Waals surface area (Å²) in [6.07, 6.45) is 3.64. The van der Waals surface area contributed by atoms with Crippen LogP contribution in [0.5, 0.6) is 0 Å². The van der Waals surface area contributed by atoms with E-state index in [9.17, 15) is 4.57 Å². The molecule has 0 amide bonds. The highest BCUT2D eigenvalue weighted by Gasteiger charge is 2.27. The fourth-order valence-corrected chi connectivity index (χ4v) is 4.60. The molecule has 0 saturated carbocycles. The normalized spacial score (nSPS) is 26.3. The fraction of sp³-hybridized carbons (Fsp3) is 0.333. The van der Waals surface area contributed by atoms with Gasteiger partial charge < -0.3 is 4.57 Å². The third kappa shape index (κ3) is 1.69. The van der Waals surface area contributed by atoms with E-state index in [-0.39, 0.29) is 0 Å². The van der Waals surface area contributed by atoms with Crippen molar-refractivity contribution in [3.05, 3.63) is 41.5 Å². The molecule has 1 heterocycles. The van der Waals surface area contributed by atoms with Crippen molar-refractivity contribution in [3.8, 4) is 0 Å². The number of aryl methyl sites for hydroxylation is 1. The van der Waals surface area contributed by atoms with E-state index in [1.165, 1.54) is 11.1 Å². The van der Waals surface area contributed by atoms with Gasteiger partial charge in [0.1, 0.15) is 7.14 Å². The molecule has 2 heteroatoms. The van der Waals surface area contributed by atoms with Crippen molar-refractivity contribution < 1.29 is 4.57 Å². The smallest absolute Gasteiger partial charge is 0.123 e. The minimum absolute atomic E-state index is 0.752. The number of rotatable bonds is 1. The first-order valence-corrected chi connectivity index (χ1v) is 6.99. The Labute approximate surface area is 85.2 Å². The Morgan fingerprint density at radius 1 is 1.14 bits per heavy atom. The van der Waals surface area contributed by atoms with Crippen LogP contribution in [0.15, 0.2) is 35.9 Å². The maximum Gasteiger partial charge on any atom is 0.123 e. The molecule has 0 fully saturated rings. The summed E-state index contributed by atoms with van der Waals surface area (Å²) < 4.78 is 12.5. The highest BCUT2D eigenvalue weighted by molar-refractivity contribution is 7.72. The summed E-state index contributed by atoms with van der Waals surface area (Å²) in [7, 11) is -2.09. The lowest BCUT2D eigenvalue weighted by atomic mass is 10.2. The second-order valence-electron chi connectivity index (χ2n) is 4.12. The van der Waals surface area contributed by atoms with Crippen molar-refractivity contribution in [1.29, 1.82) is 0 Å². The molecule has 0 aromatic heterocycles. The minimum Gasteiger partial charge on any atom is -0.318 e. The van der Waals surface area contributed by atoms with Crippen molar-refractivity contribution in [2.45, 2.75) is 13.8 Å². The molecule has 0 bridgehead atoms. The van der Waals surface area contributed by atoms with Crippen molar-refractivity contribution in [3.63, 3.8) is 0 Å². The van der Waals surface area contributed by atoms with Crippen LogP contribution in [0.4, 0.5) is 0 Å². The lowest BCUT2D eigenvalue weighted by Gasteiger charge is -2.11. The fourth-order valence-electron chi connectivity index (χ4n) is 1.85. The van der Waals surface area contributed by atoms with Gasteiger partial charge in [0.05, 0.1) is 0 Å². The van der Waals surface area contributed by atoms with Crippen LogP contribution in [-0.4, -0.2) is 12.3 Å². The molecule has 1 aromatic rings. The Morgan fingerprint density at radius 2 is 1.79 bits per heavy atom. The summed E-state index contributed by atoms with van der Waals surface area (Å²) >= 11 is 0. The van der Waals surface area contributed by atoms with Crippen molar-refractivity contribution in [2.24, 2.45) is 0 Å². The standard InChI is InChI=1S/C12H15OP/c1-10-3-5-12(6-4-10)14(13)8-7-11(2)9-14/h3-7H,8-9H2,1-2H3/t14-/m0/s1. The van der Waals surface area contributed by atoms with E-state index >= 15 is 0 Å². The Bertz CT molecular complexity index is 414.